The second kappa shape index (κ2) is 6.74. The summed E-state index contributed by atoms with van der Waals surface area (Å²) in [7, 11) is 1.45. The van der Waals surface area contributed by atoms with Crippen LogP contribution in [0.5, 0.6) is 11.5 Å². The lowest BCUT2D eigenvalue weighted by Gasteiger charge is -2.21. The Morgan fingerprint density at radius 3 is 2.71 bits per heavy atom. The van der Waals surface area contributed by atoms with Crippen molar-refractivity contribution in [3.05, 3.63) is 53.9 Å². The van der Waals surface area contributed by atoms with Crippen LogP contribution in [-0.2, 0) is 6.54 Å². The molecule has 1 aromatic heterocycles. The summed E-state index contributed by atoms with van der Waals surface area (Å²) in [5.41, 5.74) is 1.03. The molecule has 5 heteroatoms. The van der Waals surface area contributed by atoms with Gasteiger partial charge in [-0.2, -0.15) is 0 Å². The quantitative estimate of drug-likeness (QED) is 0.917. The number of carbonyl (C=O) groups is 1. The van der Waals surface area contributed by atoms with Crippen LogP contribution in [0.3, 0.4) is 0 Å². The molecule has 0 aliphatic rings. The number of aromatic hydroxyl groups is 1. The largest absolute Gasteiger partial charge is 0.504 e. The first-order valence-corrected chi connectivity index (χ1v) is 6.72. The van der Waals surface area contributed by atoms with E-state index >= 15 is 0 Å². The molecular formula is C16H18N2O3. The number of rotatable bonds is 5. The summed E-state index contributed by atoms with van der Waals surface area (Å²) < 4.78 is 5.03. The monoisotopic (exact) mass is 286 g/mol. The van der Waals surface area contributed by atoms with Crippen molar-refractivity contribution in [3.8, 4) is 11.5 Å². The van der Waals surface area contributed by atoms with Gasteiger partial charge in [0, 0.05) is 12.7 Å². The van der Waals surface area contributed by atoms with Crippen LogP contribution in [0.15, 0.2) is 42.6 Å². The molecule has 0 aliphatic carbocycles. The summed E-state index contributed by atoms with van der Waals surface area (Å²) in [6, 6.07) is 10.4. The van der Waals surface area contributed by atoms with Gasteiger partial charge in [0.05, 0.1) is 24.9 Å². The standard InChI is InChI=1S/C16H18N2O3/c1-3-18(11-12-7-4-5-10-17-12)16(20)13-8-6-9-14(21-2)15(13)19/h4-10,19H,3,11H2,1-2H3. The second-order valence-corrected chi connectivity index (χ2v) is 4.50. The van der Waals surface area contributed by atoms with Crippen LogP contribution in [0, 0.1) is 0 Å². The van der Waals surface area contributed by atoms with Gasteiger partial charge in [0.15, 0.2) is 11.5 Å². The molecule has 2 rings (SSSR count). The van der Waals surface area contributed by atoms with Crippen molar-refractivity contribution < 1.29 is 14.6 Å². The number of methoxy groups -OCH3 is 1. The van der Waals surface area contributed by atoms with Crippen LogP contribution in [0.1, 0.15) is 23.0 Å². The average Bonchev–Trinajstić information content (AvgIpc) is 2.53. The second-order valence-electron chi connectivity index (χ2n) is 4.50. The summed E-state index contributed by atoms with van der Waals surface area (Å²) in [5, 5.41) is 10.1. The van der Waals surface area contributed by atoms with Gasteiger partial charge in [-0.1, -0.05) is 12.1 Å². The van der Waals surface area contributed by atoms with Gasteiger partial charge in [-0.15, -0.1) is 0 Å². The summed E-state index contributed by atoms with van der Waals surface area (Å²) in [4.78, 5) is 18.4. The Morgan fingerprint density at radius 2 is 2.10 bits per heavy atom. The molecule has 0 saturated heterocycles. The van der Waals surface area contributed by atoms with Gasteiger partial charge in [-0.25, -0.2) is 0 Å². The van der Waals surface area contributed by atoms with E-state index in [2.05, 4.69) is 4.98 Å². The normalized spacial score (nSPS) is 10.2. The van der Waals surface area contributed by atoms with Crippen molar-refractivity contribution in [1.82, 2.24) is 9.88 Å². The Morgan fingerprint density at radius 1 is 1.29 bits per heavy atom. The zero-order valence-electron chi connectivity index (χ0n) is 12.1. The molecule has 0 unspecified atom stereocenters. The SMILES string of the molecule is CCN(Cc1ccccn1)C(=O)c1cccc(OC)c1O. The zero-order valence-corrected chi connectivity index (χ0v) is 12.1. The fourth-order valence-corrected chi connectivity index (χ4v) is 2.04. The number of amides is 1. The minimum absolute atomic E-state index is 0.135. The highest BCUT2D eigenvalue weighted by Gasteiger charge is 2.20. The number of hydrogen-bond acceptors (Lipinski definition) is 4. The van der Waals surface area contributed by atoms with Crippen molar-refractivity contribution in [1.29, 1.82) is 0 Å². The molecule has 0 bridgehead atoms. The molecule has 1 heterocycles. The van der Waals surface area contributed by atoms with Gasteiger partial charge < -0.3 is 14.7 Å². The Kier molecular flexibility index (Phi) is 4.77. The smallest absolute Gasteiger partial charge is 0.258 e. The fourth-order valence-electron chi connectivity index (χ4n) is 2.04. The molecule has 1 amide bonds. The molecule has 0 saturated carbocycles. The van der Waals surface area contributed by atoms with E-state index in [0.29, 0.717) is 13.1 Å². The molecule has 0 radical (unpaired) electrons. The van der Waals surface area contributed by atoms with E-state index in [0.717, 1.165) is 5.69 Å². The Hall–Kier alpha value is -2.56. The summed E-state index contributed by atoms with van der Waals surface area (Å²) in [5.74, 6) is -0.0984. The van der Waals surface area contributed by atoms with E-state index in [1.165, 1.54) is 7.11 Å². The van der Waals surface area contributed by atoms with Crippen molar-refractivity contribution >= 4 is 5.91 Å². The van der Waals surface area contributed by atoms with E-state index in [-0.39, 0.29) is 23.0 Å². The molecule has 21 heavy (non-hydrogen) atoms. The number of carbonyl (C=O) groups excluding carboxylic acids is 1. The average molecular weight is 286 g/mol. The van der Waals surface area contributed by atoms with Crippen LogP contribution in [0.4, 0.5) is 0 Å². The number of aromatic nitrogens is 1. The summed E-state index contributed by atoms with van der Waals surface area (Å²) in [6.07, 6.45) is 1.69. The summed E-state index contributed by atoms with van der Waals surface area (Å²) in [6.45, 7) is 2.80. The first-order valence-electron chi connectivity index (χ1n) is 6.72. The molecule has 0 aliphatic heterocycles. The topological polar surface area (TPSA) is 62.7 Å². The first-order chi connectivity index (χ1) is 10.2. The van der Waals surface area contributed by atoms with Crippen molar-refractivity contribution in [2.24, 2.45) is 0 Å². The summed E-state index contributed by atoms with van der Waals surface area (Å²) >= 11 is 0. The number of hydrogen-bond donors (Lipinski definition) is 1. The lowest BCUT2D eigenvalue weighted by molar-refractivity contribution is 0.0747. The molecule has 1 aromatic carbocycles. The van der Waals surface area contributed by atoms with Gasteiger partial charge >= 0.3 is 0 Å². The number of benzene rings is 1. The molecule has 0 fully saturated rings. The maximum absolute atomic E-state index is 12.6. The van der Waals surface area contributed by atoms with Crippen molar-refractivity contribution in [2.75, 3.05) is 13.7 Å². The van der Waals surface area contributed by atoms with Crippen LogP contribution in [0.25, 0.3) is 0 Å². The maximum Gasteiger partial charge on any atom is 0.258 e. The highest BCUT2D eigenvalue weighted by atomic mass is 16.5. The van der Waals surface area contributed by atoms with Crippen LogP contribution in [0.2, 0.25) is 0 Å². The van der Waals surface area contributed by atoms with Gasteiger partial charge in [-0.3, -0.25) is 9.78 Å². The predicted octanol–water partition coefficient (Wildman–Crippen LogP) is 2.46. The fraction of sp³-hybridized carbons (Fsp3) is 0.250. The number of phenols is 1. The van der Waals surface area contributed by atoms with E-state index in [1.807, 2.05) is 25.1 Å². The van der Waals surface area contributed by atoms with E-state index in [4.69, 9.17) is 4.74 Å². The van der Waals surface area contributed by atoms with Crippen LogP contribution >= 0.6 is 0 Å². The third-order valence-corrected chi connectivity index (χ3v) is 3.20. The molecule has 0 atom stereocenters. The minimum Gasteiger partial charge on any atom is -0.504 e. The minimum atomic E-state index is -0.250. The predicted molar refractivity (Wildman–Crippen MR) is 79.3 cm³/mol. The van der Waals surface area contributed by atoms with E-state index < -0.39 is 0 Å². The number of phenolic OH excluding ortho intramolecular Hbond substituents is 1. The molecular weight excluding hydrogens is 268 g/mol. The lowest BCUT2D eigenvalue weighted by atomic mass is 10.1. The number of ether oxygens (including phenoxy) is 1. The Labute approximate surface area is 123 Å². The number of nitrogens with zero attached hydrogens (tertiary/aromatic N) is 2. The van der Waals surface area contributed by atoms with Crippen molar-refractivity contribution in [2.45, 2.75) is 13.5 Å². The van der Waals surface area contributed by atoms with Gasteiger partial charge in [0.2, 0.25) is 0 Å². The highest BCUT2D eigenvalue weighted by Crippen LogP contribution is 2.30. The molecule has 0 spiro atoms. The first kappa shape index (κ1) is 14.8. The van der Waals surface area contributed by atoms with Gasteiger partial charge in [0.1, 0.15) is 0 Å². The lowest BCUT2D eigenvalue weighted by Crippen LogP contribution is -2.30. The molecule has 110 valence electrons. The van der Waals surface area contributed by atoms with E-state index in [9.17, 15) is 9.90 Å². The Balaban J connectivity index is 2.24. The molecule has 5 nitrogen and oxygen atoms in total. The van der Waals surface area contributed by atoms with E-state index in [1.54, 1.807) is 29.3 Å². The van der Waals surface area contributed by atoms with Crippen LogP contribution in [-0.4, -0.2) is 34.6 Å². The maximum atomic E-state index is 12.6. The van der Waals surface area contributed by atoms with Crippen LogP contribution < -0.4 is 4.74 Å². The van der Waals surface area contributed by atoms with Crippen molar-refractivity contribution in [3.63, 3.8) is 0 Å². The molecule has 2 aromatic rings. The highest BCUT2D eigenvalue weighted by molar-refractivity contribution is 5.97. The molecule has 1 N–H and O–H groups in total. The Bertz CT molecular complexity index is 614. The zero-order chi connectivity index (χ0) is 15.2. The third-order valence-electron chi connectivity index (χ3n) is 3.20. The number of para-hydroxylation sites is 1. The van der Waals surface area contributed by atoms with Gasteiger partial charge in [-0.05, 0) is 31.2 Å². The number of pyridine rings is 1. The third kappa shape index (κ3) is 3.31. The van der Waals surface area contributed by atoms with Gasteiger partial charge in [0.25, 0.3) is 5.91 Å².